The fourth-order valence-corrected chi connectivity index (χ4v) is 2.59. The molecule has 3 rings (SSSR count). The Kier molecular flexibility index (Phi) is 5.16. The van der Waals surface area contributed by atoms with E-state index in [1.165, 1.54) is 17.1 Å². The normalized spacial score (nSPS) is 11.3. The zero-order chi connectivity index (χ0) is 18.6. The second kappa shape index (κ2) is 7.52. The van der Waals surface area contributed by atoms with Crippen LogP contribution < -0.4 is 5.32 Å². The summed E-state index contributed by atoms with van der Waals surface area (Å²) < 4.78 is 38.9. The molecule has 26 heavy (non-hydrogen) atoms. The van der Waals surface area contributed by atoms with Crippen LogP contribution in [-0.4, -0.2) is 36.9 Å². The van der Waals surface area contributed by atoms with E-state index in [0.717, 1.165) is 29.7 Å². The average Bonchev–Trinajstić information content (AvgIpc) is 3.15. The van der Waals surface area contributed by atoms with E-state index >= 15 is 0 Å². The van der Waals surface area contributed by atoms with E-state index in [9.17, 15) is 18.0 Å². The third kappa shape index (κ3) is 4.57. The summed E-state index contributed by atoms with van der Waals surface area (Å²) in [5, 5.41) is 13.8. The Morgan fingerprint density at radius 1 is 1.15 bits per heavy atom. The van der Waals surface area contributed by atoms with Crippen molar-refractivity contribution in [2.75, 3.05) is 11.1 Å². The minimum atomic E-state index is -4.43. The lowest BCUT2D eigenvalue weighted by Crippen LogP contribution is -2.14. The number of anilines is 1. The van der Waals surface area contributed by atoms with E-state index in [-0.39, 0.29) is 11.7 Å². The molecule has 0 spiro atoms. The van der Waals surface area contributed by atoms with Crippen LogP contribution in [0.2, 0.25) is 0 Å². The molecule has 11 heteroatoms. The van der Waals surface area contributed by atoms with E-state index in [1.807, 2.05) is 0 Å². The topological polar surface area (TPSA) is 85.6 Å². The van der Waals surface area contributed by atoms with Crippen molar-refractivity contribution in [3.8, 4) is 5.69 Å². The quantitative estimate of drug-likeness (QED) is 0.685. The van der Waals surface area contributed by atoms with Gasteiger partial charge >= 0.3 is 6.18 Å². The van der Waals surface area contributed by atoms with Crippen molar-refractivity contribution < 1.29 is 18.0 Å². The van der Waals surface area contributed by atoms with Crippen LogP contribution in [0.4, 0.5) is 18.9 Å². The monoisotopic (exact) mass is 380 g/mol. The number of carbonyl (C=O) groups is 1. The molecule has 0 radical (unpaired) electrons. The Balaban J connectivity index is 1.52. The van der Waals surface area contributed by atoms with Crippen molar-refractivity contribution in [3.63, 3.8) is 0 Å². The van der Waals surface area contributed by atoms with Crippen molar-refractivity contribution in [3.05, 3.63) is 54.5 Å². The minimum Gasteiger partial charge on any atom is -0.325 e. The van der Waals surface area contributed by atoms with Crippen molar-refractivity contribution in [1.82, 2.24) is 25.2 Å². The smallest absolute Gasteiger partial charge is 0.325 e. The Morgan fingerprint density at radius 2 is 1.92 bits per heavy atom. The van der Waals surface area contributed by atoms with Gasteiger partial charge in [-0.25, -0.2) is 9.67 Å². The van der Waals surface area contributed by atoms with Gasteiger partial charge in [-0.2, -0.15) is 13.2 Å². The predicted octanol–water partition coefficient (Wildman–Crippen LogP) is 2.81. The van der Waals surface area contributed by atoms with Gasteiger partial charge in [-0.3, -0.25) is 4.79 Å². The van der Waals surface area contributed by atoms with Gasteiger partial charge in [0.15, 0.2) is 0 Å². The van der Waals surface area contributed by atoms with Crippen molar-refractivity contribution >= 4 is 23.4 Å². The van der Waals surface area contributed by atoms with Crippen LogP contribution in [0.5, 0.6) is 0 Å². The highest BCUT2D eigenvalue weighted by molar-refractivity contribution is 7.99. The summed E-state index contributed by atoms with van der Waals surface area (Å²) in [5.74, 6) is -0.278. The highest BCUT2D eigenvalue weighted by atomic mass is 32.2. The summed E-state index contributed by atoms with van der Waals surface area (Å²) in [6, 6.07) is 9.02. The van der Waals surface area contributed by atoms with Gasteiger partial charge < -0.3 is 5.32 Å². The second-order valence-corrected chi connectivity index (χ2v) is 6.02. The average molecular weight is 380 g/mol. The van der Waals surface area contributed by atoms with Crippen LogP contribution in [0, 0.1) is 0 Å². The molecule has 2 heterocycles. The molecule has 3 aromatic rings. The number of nitrogens with zero attached hydrogens (tertiary/aromatic N) is 5. The lowest BCUT2D eigenvalue weighted by Gasteiger charge is -2.07. The fourth-order valence-electron chi connectivity index (χ4n) is 1.95. The molecule has 0 bridgehead atoms. The van der Waals surface area contributed by atoms with Gasteiger partial charge in [0.05, 0.1) is 22.0 Å². The number of hydrogen-bond donors (Lipinski definition) is 1. The lowest BCUT2D eigenvalue weighted by atomic mass is 10.3. The van der Waals surface area contributed by atoms with Crippen LogP contribution in [0.25, 0.3) is 5.69 Å². The molecule has 0 aliphatic rings. The molecule has 2 aromatic heterocycles. The number of nitrogens with one attached hydrogen (secondary N) is 1. The molecule has 0 atom stereocenters. The van der Waals surface area contributed by atoms with Gasteiger partial charge in [0.25, 0.3) is 0 Å². The second-order valence-electron chi connectivity index (χ2n) is 5.02. The zero-order valence-electron chi connectivity index (χ0n) is 13.0. The Morgan fingerprint density at radius 3 is 2.50 bits per heavy atom. The molecule has 134 valence electrons. The number of aromatic nitrogens is 5. The maximum atomic E-state index is 12.5. The largest absolute Gasteiger partial charge is 0.417 e. The molecular formula is C15H11F3N6OS. The van der Waals surface area contributed by atoms with Crippen LogP contribution in [0.1, 0.15) is 5.56 Å². The Hall–Kier alpha value is -2.95. The number of hydrogen-bond acceptors (Lipinski definition) is 6. The Labute approximate surface area is 149 Å². The highest BCUT2D eigenvalue weighted by Crippen LogP contribution is 2.29. The first-order valence-corrected chi connectivity index (χ1v) is 8.20. The number of pyridine rings is 1. The molecule has 1 amide bonds. The molecule has 0 unspecified atom stereocenters. The van der Waals surface area contributed by atoms with Gasteiger partial charge in [0.1, 0.15) is 6.33 Å². The highest BCUT2D eigenvalue weighted by Gasteiger charge is 2.30. The molecule has 0 saturated carbocycles. The number of amides is 1. The van der Waals surface area contributed by atoms with E-state index in [0.29, 0.717) is 10.7 Å². The zero-order valence-corrected chi connectivity index (χ0v) is 13.8. The Bertz CT molecular complexity index is 866. The van der Waals surface area contributed by atoms with Crippen LogP contribution in [0.15, 0.2) is 53.9 Å². The van der Waals surface area contributed by atoms with E-state index in [1.54, 1.807) is 24.3 Å². The van der Waals surface area contributed by atoms with Crippen LogP contribution >= 0.6 is 11.8 Å². The summed E-state index contributed by atoms with van der Waals surface area (Å²) in [6.07, 6.45) is -2.23. The third-order valence-corrected chi connectivity index (χ3v) is 4.12. The van der Waals surface area contributed by atoms with Gasteiger partial charge in [-0.1, -0.05) is 11.8 Å². The number of tetrazole rings is 1. The molecule has 1 N–H and O–H groups in total. The van der Waals surface area contributed by atoms with Crippen LogP contribution in [0.3, 0.4) is 0 Å². The van der Waals surface area contributed by atoms with Crippen molar-refractivity contribution in [1.29, 1.82) is 0 Å². The van der Waals surface area contributed by atoms with Crippen molar-refractivity contribution in [2.45, 2.75) is 11.2 Å². The number of carbonyl (C=O) groups excluding carboxylic acids is 1. The molecule has 0 fully saturated rings. The fraction of sp³-hybridized carbons (Fsp3) is 0.133. The van der Waals surface area contributed by atoms with E-state index in [2.05, 4.69) is 25.8 Å². The van der Waals surface area contributed by atoms with Gasteiger partial charge in [-0.15, -0.1) is 5.10 Å². The third-order valence-electron chi connectivity index (χ3n) is 3.18. The van der Waals surface area contributed by atoms with Gasteiger partial charge in [0, 0.05) is 11.9 Å². The maximum Gasteiger partial charge on any atom is 0.417 e. The number of alkyl halides is 3. The summed E-state index contributed by atoms with van der Waals surface area (Å²) in [7, 11) is 0. The van der Waals surface area contributed by atoms with Crippen molar-refractivity contribution in [2.24, 2.45) is 0 Å². The number of benzene rings is 1. The summed E-state index contributed by atoms with van der Waals surface area (Å²) >= 11 is 1.05. The number of rotatable bonds is 5. The van der Waals surface area contributed by atoms with Gasteiger partial charge in [-0.05, 0) is 46.8 Å². The SMILES string of the molecule is O=C(CSc1ccc(C(F)(F)F)cn1)Nc1ccc(-n2cnnn2)cc1. The minimum absolute atomic E-state index is 0.0209. The molecule has 0 aliphatic carbocycles. The predicted molar refractivity (Wildman–Crippen MR) is 87.7 cm³/mol. The number of thioether (sulfide) groups is 1. The molecule has 0 saturated heterocycles. The van der Waals surface area contributed by atoms with E-state index < -0.39 is 11.7 Å². The van der Waals surface area contributed by atoms with E-state index in [4.69, 9.17) is 0 Å². The molecule has 0 aliphatic heterocycles. The van der Waals surface area contributed by atoms with Crippen LogP contribution in [-0.2, 0) is 11.0 Å². The first-order valence-electron chi connectivity index (χ1n) is 7.21. The lowest BCUT2D eigenvalue weighted by molar-refractivity contribution is -0.137. The molecule has 7 nitrogen and oxygen atoms in total. The van der Waals surface area contributed by atoms with Gasteiger partial charge in [0.2, 0.25) is 5.91 Å². The summed E-state index contributed by atoms with van der Waals surface area (Å²) in [4.78, 5) is 15.7. The summed E-state index contributed by atoms with van der Waals surface area (Å²) in [5.41, 5.74) is 0.484. The molecule has 1 aromatic carbocycles. The maximum absolute atomic E-state index is 12.5. The number of halogens is 3. The first kappa shape index (κ1) is 17.9. The standard InChI is InChI=1S/C15H11F3N6OS/c16-15(17,18)10-1-6-14(19-7-10)26-8-13(25)21-11-2-4-12(5-3-11)24-9-20-22-23-24/h1-7,9H,8H2,(H,21,25). The first-order chi connectivity index (χ1) is 12.4. The molecular weight excluding hydrogens is 369 g/mol. The summed E-state index contributed by atoms with van der Waals surface area (Å²) in [6.45, 7) is 0.